The molecule has 11 heteroatoms. The molecule has 0 bridgehead atoms. The molecule has 0 spiro atoms. The van der Waals surface area contributed by atoms with Crippen LogP contribution in [0.15, 0.2) is 52.3 Å². The minimum Gasteiger partial charge on any atom is -0.867 e. The molecule has 0 radical (unpaired) electrons. The third kappa shape index (κ3) is 3.48. The van der Waals surface area contributed by atoms with Crippen LogP contribution in [0.4, 0.5) is 17.1 Å². The highest BCUT2D eigenvalue weighted by molar-refractivity contribution is 5.88. The summed E-state index contributed by atoms with van der Waals surface area (Å²) in [6, 6.07) is 10.3. The number of aromatic nitrogens is 2. The fourth-order valence-electron chi connectivity index (χ4n) is 2.79. The van der Waals surface area contributed by atoms with Crippen LogP contribution in [0.2, 0.25) is 0 Å². The van der Waals surface area contributed by atoms with Gasteiger partial charge in [-0.15, -0.1) is 0 Å². The lowest BCUT2D eigenvalue weighted by Gasteiger charge is -2.09. The van der Waals surface area contributed by atoms with Gasteiger partial charge in [-0.25, -0.2) is 9.67 Å². The topological polar surface area (TPSA) is 149 Å². The van der Waals surface area contributed by atoms with E-state index < -0.39 is 32.5 Å². The van der Waals surface area contributed by atoms with Crippen LogP contribution in [-0.4, -0.2) is 25.4 Å². The Morgan fingerprint density at radius 3 is 2.31 bits per heavy atom. The van der Waals surface area contributed by atoms with Gasteiger partial charge < -0.3 is 5.11 Å². The van der Waals surface area contributed by atoms with Crippen molar-refractivity contribution in [2.45, 2.75) is 6.92 Å². The van der Waals surface area contributed by atoms with Crippen LogP contribution in [-0.2, 0) is 7.05 Å². The van der Waals surface area contributed by atoms with Crippen molar-refractivity contribution in [2.75, 3.05) is 0 Å². The van der Waals surface area contributed by atoms with E-state index in [0.717, 1.165) is 12.3 Å². The van der Waals surface area contributed by atoms with Crippen LogP contribution < -0.4 is 10.7 Å². The van der Waals surface area contributed by atoms with E-state index in [9.17, 15) is 30.1 Å². The lowest BCUT2D eigenvalue weighted by Crippen LogP contribution is -2.19. The molecule has 1 aromatic heterocycles. The molecule has 0 aliphatic rings. The first kappa shape index (κ1) is 19.5. The van der Waals surface area contributed by atoms with Gasteiger partial charge in [-0.1, -0.05) is 18.2 Å². The number of hydrogen-bond donors (Lipinski definition) is 0. The molecule has 0 saturated heterocycles. The molecule has 29 heavy (non-hydrogen) atoms. The lowest BCUT2D eigenvalue weighted by atomic mass is 10.1. The Morgan fingerprint density at radius 1 is 1.07 bits per heavy atom. The highest BCUT2D eigenvalue weighted by Gasteiger charge is 2.19. The first-order valence-corrected chi connectivity index (χ1v) is 8.24. The van der Waals surface area contributed by atoms with Crippen LogP contribution in [0.25, 0.3) is 5.69 Å². The number of nitro benzene ring substituents is 2. The number of non-ortho nitro benzene ring substituents is 1. The summed E-state index contributed by atoms with van der Waals surface area (Å²) in [5.74, 6) is -1.03. The molecule has 11 nitrogen and oxygen atoms in total. The van der Waals surface area contributed by atoms with Crippen molar-refractivity contribution in [3.05, 3.63) is 84.3 Å². The summed E-state index contributed by atoms with van der Waals surface area (Å²) < 4.78 is 2.94. The minimum absolute atomic E-state index is 0.00455. The number of nitrogens with zero attached hydrogens (tertiary/aromatic N) is 5. The highest BCUT2D eigenvalue weighted by Crippen LogP contribution is 2.31. The van der Waals surface area contributed by atoms with E-state index >= 15 is 0 Å². The summed E-state index contributed by atoms with van der Waals surface area (Å²) in [4.78, 5) is 37.0. The number of hydrogen-bond acceptors (Lipinski definition) is 7. The van der Waals surface area contributed by atoms with Gasteiger partial charge in [-0.3, -0.25) is 29.7 Å². The number of rotatable bonds is 5. The summed E-state index contributed by atoms with van der Waals surface area (Å²) in [6.45, 7) is 1.64. The van der Waals surface area contributed by atoms with Crippen molar-refractivity contribution in [1.82, 2.24) is 9.36 Å². The Balaban J connectivity index is 2.14. The Kier molecular flexibility index (Phi) is 4.96. The summed E-state index contributed by atoms with van der Waals surface area (Å²) in [5.41, 5.74) is -1.32. The molecule has 0 atom stereocenters. The van der Waals surface area contributed by atoms with E-state index in [1.54, 1.807) is 49.0 Å². The van der Waals surface area contributed by atoms with Gasteiger partial charge in [0.05, 0.1) is 27.3 Å². The minimum atomic E-state index is -1.03. The molecule has 0 aliphatic carbocycles. The zero-order valence-electron chi connectivity index (χ0n) is 15.3. The van der Waals surface area contributed by atoms with E-state index in [4.69, 9.17) is 0 Å². The van der Waals surface area contributed by atoms with Gasteiger partial charge in [0.2, 0.25) is 0 Å². The monoisotopic (exact) mass is 396 g/mol. The number of aliphatic imine (C=N–C) groups is 1. The molecule has 1 heterocycles. The predicted octanol–water partition coefficient (Wildman–Crippen LogP) is 2.13. The molecule has 0 N–H and O–H groups in total. The summed E-state index contributed by atoms with van der Waals surface area (Å²) in [5, 5.41) is 34.3. The number of nitro groups is 2. The maximum absolute atomic E-state index is 12.8. The summed E-state index contributed by atoms with van der Waals surface area (Å²) >= 11 is 0. The molecule has 3 aromatic rings. The standard InChI is InChI=1S/C18H15N5O6/c1-11-16(18(25)21(20(11)2)13-6-4-3-5-7-13)19-10-12-8-14(22(26)27)9-15(17(12)24)23(28)29/h3-10,24H,1-2H3/p-1. The first-order chi connectivity index (χ1) is 13.7. The molecule has 0 aliphatic heterocycles. The average Bonchev–Trinajstić information content (AvgIpc) is 2.90. The predicted molar refractivity (Wildman–Crippen MR) is 102 cm³/mol. The number of para-hydroxylation sites is 1. The van der Waals surface area contributed by atoms with E-state index in [0.29, 0.717) is 17.4 Å². The maximum atomic E-state index is 12.8. The first-order valence-electron chi connectivity index (χ1n) is 8.24. The van der Waals surface area contributed by atoms with Crippen LogP contribution in [0.3, 0.4) is 0 Å². The van der Waals surface area contributed by atoms with Crippen LogP contribution in [0.1, 0.15) is 11.3 Å². The molecular weight excluding hydrogens is 382 g/mol. The fraction of sp³-hybridized carbons (Fsp3) is 0.111. The lowest BCUT2D eigenvalue weighted by molar-refractivity contribution is -0.403. The average molecular weight is 396 g/mol. The molecule has 0 saturated carbocycles. The van der Waals surface area contributed by atoms with Crippen LogP contribution in [0, 0.1) is 27.2 Å². The molecule has 0 unspecified atom stereocenters. The third-order valence-corrected chi connectivity index (χ3v) is 4.35. The Hall–Kier alpha value is -4.28. The highest BCUT2D eigenvalue weighted by atomic mass is 16.6. The second-order valence-electron chi connectivity index (χ2n) is 6.07. The van der Waals surface area contributed by atoms with Crippen LogP contribution in [0.5, 0.6) is 5.75 Å². The molecule has 3 rings (SSSR count). The largest absolute Gasteiger partial charge is 0.867 e. The molecule has 2 aromatic carbocycles. The van der Waals surface area contributed by atoms with Gasteiger partial charge in [-0.2, -0.15) is 0 Å². The van der Waals surface area contributed by atoms with Crippen molar-refractivity contribution in [1.29, 1.82) is 0 Å². The smallest absolute Gasteiger partial charge is 0.297 e. The second-order valence-corrected chi connectivity index (χ2v) is 6.07. The third-order valence-electron chi connectivity index (χ3n) is 4.35. The van der Waals surface area contributed by atoms with Gasteiger partial charge in [0.1, 0.15) is 0 Å². The zero-order valence-corrected chi connectivity index (χ0v) is 15.3. The Morgan fingerprint density at radius 2 is 1.72 bits per heavy atom. The summed E-state index contributed by atoms with van der Waals surface area (Å²) in [7, 11) is 1.65. The fourth-order valence-corrected chi connectivity index (χ4v) is 2.79. The van der Waals surface area contributed by atoms with Gasteiger partial charge in [-0.05, 0) is 30.4 Å². The van der Waals surface area contributed by atoms with E-state index in [-0.39, 0.29) is 11.3 Å². The van der Waals surface area contributed by atoms with E-state index in [2.05, 4.69) is 4.99 Å². The van der Waals surface area contributed by atoms with Crippen molar-refractivity contribution >= 4 is 23.3 Å². The SMILES string of the molecule is Cc1c(N=Cc2cc([N+](=O)[O-])cc([N+](=O)[O-])c2[O-])c(=O)n(-c2ccccc2)n1C. The van der Waals surface area contributed by atoms with E-state index in [1.807, 2.05) is 0 Å². The molecule has 0 fully saturated rings. The summed E-state index contributed by atoms with van der Waals surface area (Å²) in [6.07, 6.45) is 0.932. The van der Waals surface area contributed by atoms with Crippen molar-refractivity contribution < 1.29 is 15.0 Å². The molecule has 148 valence electrons. The van der Waals surface area contributed by atoms with Gasteiger partial charge in [0, 0.05) is 19.3 Å². The number of benzene rings is 2. The van der Waals surface area contributed by atoms with E-state index in [1.165, 1.54) is 4.68 Å². The Bertz CT molecular complexity index is 1210. The molecule has 0 amide bonds. The molecular formula is C18H14N5O6-. The Labute approximate surface area is 163 Å². The quantitative estimate of drug-likeness (QED) is 0.366. The zero-order chi connectivity index (χ0) is 21.3. The maximum Gasteiger partial charge on any atom is 0.297 e. The van der Waals surface area contributed by atoms with Gasteiger partial charge in [0.25, 0.3) is 16.9 Å². The van der Waals surface area contributed by atoms with Crippen molar-refractivity contribution in [3.63, 3.8) is 0 Å². The second kappa shape index (κ2) is 7.38. The van der Waals surface area contributed by atoms with Crippen molar-refractivity contribution in [2.24, 2.45) is 12.0 Å². The van der Waals surface area contributed by atoms with Gasteiger partial charge in [0.15, 0.2) is 5.69 Å². The normalized spacial score (nSPS) is 11.1. The van der Waals surface area contributed by atoms with Crippen LogP contribution >= 0.6 is 0 Å². The van der Waals surface area contributed by atoms with Crippen molar-refractivity contribution in [3.8, 4) is 11.4 Å². The van der Waals surface area contributed by atoms with Gasteiger partial charge >= 0.3 is 0 Å².